The van der Waals surface area contributed by atoms with Gasteiger partial charge in [0.1, 0.15) is 0 Å². The van der Waals surface area contributed by atoms with E-state index in [1.165, 1.54) is 41.8 Å². The summed E-state index contributed by atoms with van der Waals surface area (Å²) >= 11 is 0. The van der Waals surface area contributed by atoms with Gasteiger partial charge in [-0.05, 0) is 84.4 Å². The first-order valence-electron chi connectivity index (χ1n) is 13.3. The fourth-order valence-corrected chi connectivity index (χ4v) is 7.60. The van der Waals surface area contributed by atoms with Gasteiger partial charge in [0.05, 0.1) is 6.04 Å². The van der Waals surface area contributed by atoms with E-state index in [0.717, 1.165) is 43.6 Å². The number of hydrogen-bond donors (Lipinski definition) is 1. The molecule has 2 bridgehead atoms. The summed E-state index contributed by atoms with van der Waals surface area (Å²) in [6.45, 7) is 3.32. The van der Waals surface area contributed by atoms with E-state index in [-0.39, 0.29) is 5.91 Å². The van der Waals surface area contributed by atoms with Crippen LogP contribution in [-0.2, 0) is 0 Å². The zero-order valence-corrected chi connectivity index (χ0v) is 20.1. The third-order valence-corrected chi connectivity index (χ3v) is 9.18. The molecule has 2 aliphatic heterocycles. The number of amides is 1. The number of benzene rings is 3. The molecule has 0 spiro atoms. The van der Waals surface area contributed by atoms with Crippen LogP contribution in [0.1, 0.15) is 52.7 Å². The van der Waals surface area contributed by atoms with Crippen molar-refractivity contribution < 1.29 is 4.79 Å². The lowest BCUT2D eigenvalue weighted by Gasteiger charge is -2.44. The van der Waals surface area contributed by atoms with Crippen LogP contribution >= 0.6 is 0 Å². The third kappa shape index (κ3) is 3.53. The molecular weight excluding hydrogens is 430 g/mol. The number of para-hydroxylation sites is 1. The van der Waals surface area contributed by atoms with Crippen molar-refractivity contribution in [2.45, 2.75) is 31.2 Å². The number of nitrogens with zero attached hydrogens (tertiary/aromatic N) is 2. The zero-order valence-electron chi connectivity index (χ0n) is 20.1. The second kappa shape index (κ2) is 8.44. The minimum absolute atomic E-state index is 0.186. The summed E-state index contributed by atoms with van der Waals surface area (Å²) in [6, 6.07) is 28.4. The van der Waals surface area contributed by atoms with Crippen LogP contribution in [0.15, 0.2) is 78.9 Å². The molecule has 3 aromatic carbocycles. The van der Waals surface area contributed by atoms with Crippen LogP contribution in [0, 0.1) is 17.8 Å². The molecule has 35 heavy (non-hydrogen) atoms. The first kappa shape index (κ1) is 21.0. The maximum Gasteiger partial charge on any atom is 0.253 e. The van der Waals surface area contributed by atoms with Gasteiger partial charge in [-0.1, -0.05) is 48.5 Å². The van der Waals surface area contributed by atoms with E-state index in [2.05, 4.69) is 83.0 Å². The molecule has 2 aliphatic carbocycles. The molecule has 0 aromatic heterocycles. The lowest BCUT2D eigenvalue weighted by molar-refractivity contribution is 0.0746. The molecule has 4 nitrogen and oxygen atoms in total. The summed E-state index contributed by atoms with van der Waals surface area (Å²) in [5, 5.41) is 3.91. The quantitative estimate of drug-likeness (QED) is 0.522. The zero-order chi connectivity index (χ0) is 23.4. The molecule has 7 rings (SSSR count). The standard InChI is InChI=1S/C31H33N3O/c35-31(34-17-15-33(16-18-34)25-9-5-2-6-10-25)24-13-14-27-26(20-24)28-22-11-12-23(19-22)29(28)30(32-27)21-7-3-1-4-8-21/h1-10,13-14,20,22-23,28-30,32H,11-12,15-19H2/t22-,23-,28-,29+,30-/m0/s1. The molecule has 0 radical (unpaired) electrons. The maximum atomic E-state index is 13.6. The first-order chi connectivity index (χ1) is 17.3. The molecule has 2 saturated carbocycles. The van der Waals surface area contributed by atoms with E-state index in [9.17, 15) is 4.79 Å². The van der Waals surface area contributed by atoms with Crippen LogP contribution in [-0.4, -0.2) is 37.0 Å². The maximum absolute atomic E-state index is 13.6. The molecule has 1 amide bonds. The molecule has 5 atom stereocenters. The van der Waals surface area contributed by atoms with Crippen molar-refractivity contribution in [3.05, 3.63) is 95.6 Å². The largest absolute Gasteiger partial charge is 0.378 e. The number of rotatable bonds is 3. The van der Waals surface area contributed by atoms with Gasteiger partial charge in [-0.15, -0.1) is 0 Å². The predicted molar refractivity (Wildman–Crippen MR) is 141 cm³/mol. The van der Waals surface area contributed by atoms with Crippen molar-refractivity contribution in [3.8, 4) is 0 Å². The Kier molecular flexibility index (Phi) is 5.08. The monoisotopic (exact) mass is 463 g/mol. The summed E-state index contributed by atoms with van der Waals surface area (Å²) in [5.41, 5.74) is 6.13. The van der Waals surface area contributed by atoms with Gasteiger partial charge in [-0.25, -0.2) is 0 Å². The number of piperazine rings is 1. The van der Waals surface area contributed by atoms with Crippen LogP contribution < -0.4 is 10.2 Å². The second-order valence-electron chi connectivity index (χ2n) is 10.9. The number of hydrogen-bond acceptors (Lipinski definition) is 3. The summed E-state index contributed by atoms with van der Waals surface area (Å²) in [5.74, 6) is 2.94. The Hall–Kier alpha value is -3.27. The molecule has 178 valence electrons. The van der Waals surface area contributed by atoms with Gasteiger partial charge >= 0.3 is 0 Å². The molecule has 0 unspecified atom stereocenters. The van der Waals surface area contributed by atoms with Crippen LogP contribution in [0.5, 0.6) is 0 Å². The Labute approximate surface area is 207 Å². The Bertz CT molecular complexity index is 1220. The molecule has 4 aliphatic rings. The van der Waals surface area contributed by atoms with Crippen molar-refractivity contribution in [2.24, 2.45) is 17.8 Å². The number of carbonyl (C=O) groups is 1. The van der Waals surface area contributed by atoms with Crippen molar-refractivity contribution >= 4 is 17.3 Å². The van der Waals surface area contributed by atoms with E-state index < -0.39 is 0 Å². The van der Waals surface area contributed by atoms with Gasteiger partial charge in [0, 0.05) is 43.1 Å². The van der Waals surface area contributed by atoms with Crippen molar-refractivity contribution in [1.29, 1.82) is 0 Å². The Morgan fingerprint density at radius 3 is 2.29 bits per heavy atom. The summed E-state index contributed by atoms with van der Waals surface area (Å²) in [7, 11) is 0. The van der Waals surface area contributed by atoms with Crippen molar-refractivity contribution in [1.82, 2.24) is 4.90 Å². The number of fused-ring (bicyclic) bond motifs is 7. The lowest BCUT2D eigenvalue weighted by atomic mass is 9.68. The predicted octanol–water partition coefficient (Wildman–Crippen LogP) is 5.95. The van der Waals surface area contributed by atoms with E-state index in [1.807, 2.05) is 11.0 Å². The highest BCUT2D eigenvalue weighted by Gasteiger charge is 2.53. The highest BCUT2D eigenvalue weighted by Crippen LogP contribution is 2.63. The normalized spacial score (nSPS) is 28.9. The van der Waals surface area contributed by atoms with Gasteiger partial charge in [0.15, 0.2) is 0 Å². The average Bonchev–Trinajstić information content (AvgIpc) is 3.56. The SMILES string of the molecule is O=C(c1ccc2c(c1)[C@@H]1[C@H]3CC[C@@H](C3)[C@H]1[C@H](c1ccccc1)N2)N1CCN(c2ccccc2)CC1. The molecule has 2 heterocycles. The highest BCUT2D eigenvalue weighted by atomic mass is 16.2. The van der Waals surface area contributed by atoms with Gasteiger partial charge in [0.25, 0.3) is 5.91 Å². The number of nitrogens with one attached hydrogen (secondary N) is 1. The highest BCUT2D eigenvalue weighted by molar-refractivity contribution is 5.95. The van der Waals surface area contributed by atoms with Crippen LogP contribution in [0.2, 0.25) is 0 Å². The van der Waals surface area contributed by atoms with Gasteiger partial charge in [0.2, 0.25) is 0 Å². The van der Waals surface area contributed by atoms with Crippen LogP contribution in [0.3, 0.4) is 0 Å². The fourth-order valence-electron chi connectivity index (χ4n) is 7.60. The first-order valence-corrected chi connectivity index (χ1v) is 13.3. The summed E-state index contributed by atoms with van der Waals surface area (Å²) < 4.78 is 0. The minimum atomic E-state index is 0.186. The molecular formula is C31H33N3O. The van der Waals surface area contributed by atoms with E-state index in [0.29, 0.717) is 17.9 Å². The smallest absolute Gasteiger partial charge is 0.253 e. The van der Waals surface area contributed by atoms with E-state index in [4.69, 9.17) is 0 Å². The number of carbonyl (C=O) groups excluding carboxylic acids is 1. The molecule has 3 aromatic rings. The third-order valence-electron chi connectivity index (χ3n) is 9.18. The van der Waals surface area contributed by atoms with Gasteiger partial charge < -0.3 is 15.1 Å². The second-order valence-corrected chi connectivity index (χ2v) is 10.9. The fraction of sp³-hybridized carbons (Fsp3) is 0.387. The van der Waals surface area contributed by atoms with Gasteiger partial charge in [-0.2, -0.15) is 0 Å². The molecule has 4 heteroatoms. The summed E-state index contributed by atoms with van der Waals surface area (Å²) in [6.07, 6.45) is 4.04. The molecule has 1 N–H and O–H groups in total. The number of anilines is 2. The van der Waals surface area contributed by atoms with Crippen LogP contribution in [0.25, 0.3) is 0 Å². The molecule has 1 saturated heterocycles. The summed E-state index contributed by atoms with van der Waals surface area (Å²) in [4.78, 5) is 18.0. The minimum Gasteiger partial charge on any atom is -0.378 e. The van der Waals surface area contributed by atoms with Gasteiger partial charge in [-0.3, -0.25) is 4.79 Å². The van der Waals surface area contributed by atoms with E-state index in [1.54, 1.807) is 0 Å². The average molecular weight is 464 g/mol. The Morgan fingerprint density at radius 2 is 1.51 bits per heavy atom. The lowest BCUT2D eigenvalue weighted by Crippen LogP contribution is -2.48. The van der Waals surface area contributed by atoms with E-state index >= 15 is 0 Å². The van der Waals surface area contributed by atoms with Crippen molar-refractivity contribution in [2.75, 3.05) is 36.4 Å². The Balaban J connectivity index is 1.14. The van der Waals surface area contributed by atoms with Crippen LogP contribution in [0.4, 0.5) is 11.4 Å². The topological polar surface area (TPSA) is 35.6 Å². The molecule has 3 fully saturated rings. The Morgan fingerprint density at radius 1 is 0.800 bits per heavy atom. The van der Waals surface area contributed by atoms with Crippen molar-refractivity contribution in [3.63, 3.8) is 0 Å².